The molecule has 0 heterocycles. The van der Waals surface area contributed by atoms with Crippen molar-refractivity contribution in [2.75, 3.05) is 6.54 Å². The van der Waals surface area contributed by atoms with Crippen molar-refractivity contribution in [1.82, 2.24) is 5.32 Å². The Morgan fingerprint density at radius 1 is 1.40 bits per heavy atom. The number of unbranched alkanes of at least 4 members (excludes halogenated alkanes) is 2. The predicted molar refractivity (Wildman–Crippen MR) is 82.4 cm³/mol. The average molecular weight is 384 g/mol. The molecule has 1 rings (SSSR count). The smallest absolute Gasteiger partial charge is 0.251 e. The highest BCUT2D eigenvalue weighted by molar-refractivity contribution is 9.10. The van der Waals surface area contributed by atoms with E-state index in [2.05, 4.69) is 28.2 Å². The second-order valence-corrected chi connectivity index (χ2v) is 7.01. The molecule has 0 unspecified atom stereocenters. The summed E-state index contributed by atoms with van der Waals surface area (Å²) >= 11 is 8.96. The van der Waals surface area contributed by atoms with Gasteiger partial charge in [0, 0.05) is 12.1 Å². The zero-order valence-electron chi connectivity index (χ0n) is 10.9. The van der Waals surface area contributed by atoms with Gasteiger partial charge in [0.1, 0.15) is 0 Å². The highest BCUT2D eigenvalue weighted by Gasteiger charge is 2.19. The van der Waals surface area contributed by atoms with Crippen LogP contribution in [0, 0.1) is 0 Å². The first-order valence-electron chi connectivity index (χ1n) is 6.07. The number of rotatable bonds is 6. The van der Waals surface area contributed by atoms with Crippen molar-refractivity contribution in [3.63, 3.8) is 0 Å². The fourth-order valence-corrected chi connectivity index (χ4v) is 3.41. The number of hydrogen-bond acceptors (Lipinski definition) is 3. The maximum Gasteiger partial charge on any atom is 0.251 e. The van der Waals surface area contributed by atoms with Gasteiger partial charge in [-0.3, -0.25) is 4.79 Å². The van der Waals surface area contributed by atoms with Gasteiger partial charge in [-0.1, -0.05) is 31.4 Å². The van der Waals surface area contributed by atoms with Crippen molar-refractivity contribution in [2.45, 2.75) is 31.1 Å². The van der Waals surface area contributed by atoms with Crippen LogP contribution in [0.25, 0.3) is 0 Å². The van der Waals surface area contributed by atoms with Crippen LogP contribution in [-0.2, 0) is 10.0 Å². The lowest BCUT2D eigenvalue weighted by Gasteiger charge is -2.09. The van der Waals surface area contributed by atoms with E-state index in [4.69, 9.17) is 16.7 Å². The van der Waals surface area contributed by atoms with Gasteiger partial charge in [0.2, 0.25) is 10.0 Å². The summed E-state index contributed by atoms with van der Waals surface area (Å²) < 4.78 is 23.0. The SMILES string of the molecule is CCCCCNC(=O)c1cc(Cl)c(Br)c(S(N)(=O)=O)c1. The molecule has 0 bridgehead atoms. The van der Waals surface area contributed by atoms with Crippen LogP contribution in [0.5, 0.6) is 0 Å². The van der Waals surface area contributed by atoms with E-state index in [1.54, 1.807) is 0 Å². The number of benzene rings is 1. The molecule has 0 radical (unpaired) electrons. The third kappa shape index (κ3) is 4.73. The first kappa shape index (κ1) is 17.4. The van der Waals surface area contributed by atoms with Crippen LogP contribution in [-0.4, -0.2) is 20.9 Å². The highest BCUT2D eigenvalue weighted by Crippen LogP contribution is 2.30. The molecule has 0 saturated carbocycles. The Balaban J connectivity index is 2.97. The van der Waals surface area contributed by atoms with Crippen molar-refractivity contribution in [3.8, 4) is 0 Å². The number of primary sulfonamides is 1. The minimum atomic E-state index is -3.95. The molecule has 112 valence electrons. The molecule has 0 aromatic heterocycles. The van der Waals surface area contributed by atoms with Gasteiger partial charge < -0.3 is 5.32 Å². The largest absolute Gasteiger partial charge is 0.352 e. The maximum atomic E-state index is 11.9. The number of carbonyl (C=O) groups excluding carboxylic acids is 1. The van der Waals surface area contributed by atoms with Gasteiger partial charge in [-0.05, 0) is 34.5 Å². The van der Waals surface area contributed by atoms with Crippen molar-refractivity contribution < 1.29 is 13.2 Å². The average Bonchev–Trinajstić information content (AvgIpc) is 2.36. The summed E-state index contributed by atoms with van der Waals surface area (Å²) in [6, 6.07) is 2.61. The first-order valence-corrected chi connectivity index (χ1v) is 8.79. The van der Waals surface area contributed by atoms with E-state index in [0.29, 0.717) is 6.54 Å². The number of nitrogens with one attached hydrogen (secondary N) is 1. The lowest BCUT2D eigenvalue weighted by Crippen LogP contribution is -2.25. The molecule has 0 fully saturated rings. The molecular weight excluding hydrogens is 368 g/mol. The number of amides is 1. The number of halogens is 2. The molecule has 0 aliphatic heterocycles. The van der Waals surface area contributed by atoms with Gasteiger partial charge in [-0.15, -0.1) is 0 Å². The van der Waals surface area contributed by atoms with Crippen LogP contribution in [0.4, 0.5) is 0 Å². The Bertz CT molecular complexity index is 605. The van der Waals surface area contributed by atoms with Gasteiger partial charge in [0.25, 0.3) is 5.91 Å². The van der Waals surface area contributed by atoms with E-state index in [1.165, 1.54) is 12.1 Å². The number of nitrogens with two attached hydrogens (primary N) is 1. The zero-order valence-corrected chi connectivity index (χ0v) is 14.1. The lowest BCUT2D eigenvalue weighted by molar-refractivity contribution is 0.0952. The maximum absolute atomic E-state index is 11.9. The van der Waals surface area contributed by atoms with E-state index in [0.717, 1.165) is 19.3 Å². The molecule has 5 nitrogen and oxygen atoms in total. The van der Waals surface area contributed by atoms with Gasteiger partial charge in [-0.2, -0.15) is 0 Å². The summed E-state index contributed by atoms with van der Waals surface area (Å²) in [6.07, 6.45) is 2.94. The molecule has 1 amide bonds. The topological polar surface area (TPSA) is 89.3 Å². The second kappa shape index (κ2) is 7.40. The Morgan fingerprint density at radius 3 is 2.60 bits per heavy atom. The summed E-state index contributed by atoms with van der Waals surface area (Å²) in [5.41, 5.74) is 0.165. The molecule has 1 aromatic carbocycles. The Morgan fingerprint density at radius 2 is 2.05 bits per heavy atom. The summed E-state index contributed by atoms with van der Waals surface area (Å²) in [5.74, 6) is -0.375. The van der Waals surface area contributed by atoms with Crippen LogP contribution in [0.3, 0.4) is 0 Å². The first-order chi connectivity index (χ1) is 9.27. The zero-order chi connectivity index (χ0) is 15.3. The Kier molecular flexibility index (Phi) is 6.44. The van der Waals surface area contributed by atoms with E-state index in [1.807, 2.05) is 0 Å². The quantitative estimate of drug-likeness (QED) is 0.740. The molecule has 1 aromatic rings. The molecule has 8 heteroatoms. The summed E-state index contributed by atoms with van der Waals surface area (Å²) in [6.45, 7) is 2.60. The molecule has 0 aliphatic rings. The molecule has 20 heavy (non-hydrogen) atoms. The minimum Gasteiger partial charge on any atom is -0.352 e. The standard InChI is InChI=1S/C12H16BrClN2O3S/c1-2-3-4-5-16-12(17)8-6-9(14)11(13)10(7-8)20(15,18)19/h6-7H,2-5H2,1H3,(H,16,17)(H2,15,18,19). The van der Waals surface area contributed by atoms with Crippen LogP contribution in [0.1, 0.15) is 36.5 Å². The third-order valence-electron chi connectivity index (χ3n) is 2.63. The van der Waals surface area contributed by atoms with E-state index in [-0.39, 0.29) is 25.9 Å². The minimum absolute atomic E-state index is 0.121. The summed E-state index contributed by atoms with van der Waals surface area (Å²) in [7, 11) is -3.95. The van der Waals surface area contributed by atoms with Crippen molar-refractivity contribution in [2.24, 2.45) is 5.14 Å². The van der Waals surface area contributed by atoms with Crippen molar-refractivity contribution >= 4 is 43.5 Å². The van der Waals surface area contributed by atoms with E-state index < -0.39 is 10.0 Å². The van der Waals surface area contributed by atoms with Crippen LogP contribution < -0.4 is 10.5 Å². The van der Waals surface area contributed by atoms with Crippen LogP contribution in [0.15, 0.2) is 21.5 Å². The molecule has 0 atom stereocenters. The monoisotopic (exact) mass is 382 g/mol. The van der Waals surface area contributed by atoms with Crippen molar-refractivity contribution in [1.29, 1.82) is 0 Å². The molecule has 0 aliphatic carbocycles. The number of hydrogen-bond donors (Lipinski definition) is 2. The van der Waals surface area contributed by atoms with E-state index >= 15 is 0 Å². The summed E-state index contributed by atoms with van der Waals surface area (Å²) in [5, 5.41) is 7.92. The van der Waals surface area contributed by atoms with Gasteiger partial charge in [0.05, 0.1) is 14.4 Å². The highest BCUT2D eigenvalue weighted by atomic mass is 79.9. The second-order valence-electron chi connectivity index (χ2n) is 4.28. The normalized spacial score (nSPS) is 11.4. The fourth-order valence-electron chi connectivity index (χ4n) is 1.58. The number of carbonyl (C=O) groups is 1. The van der Waals surface area contributed by atoms with Gasteiger partial charge in [-0.25, -0.2) is 13.6 Å². The number of sulfonamides is 1. The molecular formula is C12H16BrClN2O3S. The van der Waals surface area contributed by atoms with Crippen LogP contribution in [0.2, 0.25) is 5.02 Å². The molecule has 0 saturated heterocycles. The van der Waals surface area contributed by atoms with Crippen molar-refractivity contribution in [3.05, 3.63) is 27.2 Å². The molecule has 3 N–H and O–H groups in total. The summed E-state index contributed by atoms with van der Waals surface area (Å²) in [4.78, 5) is 11.7. The van der Waals surface area contributed by atoms with E-state index in [9.17, 15) is 13.2 Å². The predicted octanol–water partition coefficient (Wildman–Crippen LogP) is 2.67. The van der Waals surface area contributed by atoms with Crippen LogP contribution >= 0.6 is 27.5 Å². The van der Waals surface area contributed by atoms with Gasteiger partial charge in [0.15, 0.2) is 0 Å². The lowest BCUT2D eigenvalue weighted by atomic mass is 10.2. The van der Waals surface area contributed by atoms with Gasteiger partial charge >= 0.3 is 0 Å². The Labute approximate surface area is 132 Å². The third-order valence-corrected chi connectivity index (χ3v) is 5.21. The Hall–Kier alpha value is -0.630. The molecule has 0 spiro atoms. The fraction of sp³-hybridized carbons (Fsp3) is 0.417.